The van der Waals surface area contributed by atoms with Crippen molar-refractivity contribution >= 4 is 34.8 Å². The first-order chi connectivity index (χ1) is 11.9. The molecule has 6 heteroatoms. The zero-order chi connectivity index (χ0) is 18.4. The van der Waals surface area contributed by atoms with E-state index in [1.807, 2.05) is 12.1 Å². The molecule has 0 atom stereocenters. The SMILES string of the molecule is CNC(=O)c1cccc(NC(=S)NC(=O)c2ccc(C(C)C)cc2)c1. The van der Waals surface area contributed by atoms with Crippen LogP contribution in [0.2, 0.25) is 0 Å². The summed E-state index contributed by atoms with van der Waals surface area (Å²) in [4.78, 5) is 23.9. The smallest absolute Gasteiger partial charge is 0.257 e. The molecule has 3 N–H and O–H groups in total. The minimum atomic E-state index is -0.282. The molecule has 0 aliphatic heterocycles. The average molecular weight is 355 g/mol. The Balaban J connectivity index is 2.00. The summed E-state index contributed by atoms with van der Waals surface area (Å²) in [5.74, 6) is -0.0634. The van der Waals surface area contributed by atoms with Crippen molar-refractivity contribution in [3.05, 3.63) is 65.2 Å². The highest BCUT2D eigenvalue weighted by Gasteiger charge is 2.10. The van der Waals surface area contributed by atoms with Gasteiger partial charge in [0.25, 0.3) is 11.8 Å². The van der Waals surface area contributed by atoms with Crippen LogP contribution in [0.3, 0.4) is 0 Å². The topological polar surface area (TPSA) is 70.2 Å². The zero-order valence-corrected chi connectivity index (χ0v) is 15.2. The number of benzene rings is 2. The second kappa shape index (κ2) is 8.39. The Morgan fingerprint density at radius 3 is 2.24 bits per heavy atom. The summed E-state index contributed by atoms with van der Waals surface area (Å²) in [6, 6.07) is 14.3. The highest BCUT2D eigenvalue weighted by atomic mass is 32.1. The summed E-state index contributed by atoms with van der Waals surface area (Å²) in [6.45, 7) is 4.20. The van der Waals surface area contributed by atoms with Gasteiger partial charge in [-0.2, -0.15) is 0 Å². The van der Waals surface area contributed by atoms with E-state index in [1.54, 1.807) is 43.4 Å². The molecule has 0 spiro atoms. The first-order valence-electron chi connectivity index (χ1n) is 7.95. The highest BCUT2D eigenvalue weighted by Crippen LogP contribution is 2.15. The molecule has 2 amide bonds. The normalized spacial score (nSPS) is 10.2. The van der Waals surface area contributed by atoms with Crippen molar-refractivity contribution in [3.8, 4) is 0 Å². The third-order valence-electron chi connectivity index (χ3n) is 3.68. The van der Waals surface area contributed by atoms with Gasteiger partial charge in [0.05, 0.1) is 0 Å². The van der Waals surface area contributed by atoms with Gasteiger partial charge in [-0.1, -0.05) is 32.0 Å². The summed E-state index contributed by atoms with van der Waals surface area (Å²) in [5.41, 5.74) is 2.84. The Bertz CT molecular complexity index is 786. The Morgan fingerprint density at radius 1 is 0.960 bits per heavy atom. The van der Waals surface area contributed by atoms with E-state index in [0.717, 1.165) is 0 Å². The first kappa shape index (κ1) is 18.6. The maximum Gasteiger partial charge on any atom is 0.257 e. The maximum atomic E-state index is 12.2. The van der Waals surface area contributed by atoms with Crippen LogP contribution in [0.1, 0.15) is 46.0 Å². The van der Waals surface area contributed by atoms with E-state index in [4.69, 9.17) is 12.2 Å². The number of anilines is 1. The van der Waals surface area contributed by atoms with Gasteiger partial charge in [-0.3, -0.25) is 14.9 Å². The fourth-order valence-corrected chi connectivity index (χ4v) is 2.45. The van der Waals surface area contributed by atoms with Gasteiger partial charge in [-0.25, -0.2) is 0 Å². The van der Waals surface area contributed by atoms with Crippen molar-refractivity contribution in [2.45, 2.75) is 19.8 Å². The van der Waals surface area contributed by atoms with Gasteiger partial charge in [0.1, 0.15) is 0 Å². The van der Waals surface area contributed by atoms with Gasteiger partial charge in [0, 0.05) is 23.9 Å². The number of rotatable bonds is 4. The third kappa shape index (κ3) is 5.12. The molecule has 0 fully saturated rings. The van der Waals surface area contributed by atoms with E-state index in [2.05, 4.69) is 29.8 Å². The lowest BCUT2D eigenvalue weighted by Gasteiger charge is -2.11. The molecule has 0 bridgehead atoms. The van der Waals surface area contributed by atoms with E-state index in [9.17, 15) is 9.59 Å². The monoisotopic (exact) mass is 355 g/mol. The predicted octanol–water partition coefficient (Wildman–Crippen LogP) is 3.30. The second-order valence-corrected chi connectivity index (χ2v) is 6.25. The minimum Gasteiger partial charge on any atom is -0.355 e. The van der Waals surface area contributed by atoms with E-state index in [0.29, 0.717) is 22.7 Å². The summed E-state index contributed by atoms with van der Waals surface area (Å²) < 4.78 is 0. The quantitative estimate of drug-likeness (QED) is 0.736. The third-order valence-corrected chi connectivity index (χ3v) is 3.88. The predicted molar refractivity (Wildman–Crippen MR) is 104 cm³/mol. The molecule has 5 nitrogen and oxygen atoms in total. The number of carbonyl (C=O) groups is 2. The fourth-order valence-electron chi connectivity index (χ4n) is 2.24. The number of nitrogens with one attached hydrogen (secondary N) is 3. The van der Waals surface area contributed by atoms with Crippen molar-refractivity contribution in [1.29, 1.82) is 0 Å². The van der Waals surface area contributed by atoms with Crippen LogP contribution >= 0.6 is 12.2 Å². The van der Waals surface area contributed by atoms with Crippen LogP contribution in [-0.4, -0.2) is 24.0 Å². The molecule has 130 valence electrons. The van der Waals surface area contributed by atoms with Gasteiger partial charge in [-0.15, -0.1) is 0 Å². The lowest BCUT2D eigenvalue weighted by molar-refractivity contribution is 0.0959. The number of hydrogen-bond donors (Lipinski definition) is 3. The minimum absolute atomic E-state index is 0.173. The van der Waals surface area contributed by atoms with Crippen molar-refractivity contribution < 1.29 is 9.59 Å². The Morgan fingerprint density at radius 2 is 1.64 bits per heavy atom. The molecule has 2 aromatic carbocycles. The van der Waals surface area contributed by atoms with Gasteiger partial charge >= 0.3 is 0 Å². The molecule has 0 aliphatic carbocycles. The molecule has 0 aliphatic rings. The van der Waals surface area contributed by atoms with Crippen LogP contribution in [0.5, 0.6) is 0 Å². The molecule has 0 radical (unpaired) electrons. The van der Waals surface area contributed by atoms with Crippen LogP contribution in [0.4, 0.5) is 5.69 Å². The first-order valence-corrected chi connectivity index (χ1v) is 8.36. The highest BCUT2D eigenvalue weighted by molar-refractivity contribution is 7.80. The van der Waals surface area contributed by atoms with Crippen LogP contribution in [0.15, 0.2) is 48.5 Å². The molecule has 0 heterocycles. The van der Waals surface area contributed by atoms with Crippen molar-refractivity contribution in [2.24, 2.45) is 0 Å². The molecular weight excluding hydrogens is 334 g/mol. The van der Waals surface area contributed by atoms with E-state index >= 15 is 0 Å². The lowest BCUT2D eigenvalue weighted by atomic mass is 10.0. The van der Waals surface area contributed by atoms with Crippen LogP contribution in [0.25, 0.3) is 0 Å². The number of amides is 2. The van der Waals surface area contributed by atoms with Crippen molar-refractivity contribution in [3.63, 3.8) is 0 Å². The molecule has 0 saturated carbocycles. The molecule has 0 aromatic heterocycles. The Hall–Kier alpha value is -2.73. The Kier molecular flexibility index (Phi) is 6.25. The van der Waals surface area contributed by atoms with Crippen molar-refractivity contribution in [1.82, 2.24) is 10.6 Å². The molecule has 0 saturated heterocycles. The Labute approximate surface area is 152 Å². The van der Waals surface area contributed by atoms with Crippen molar-refractivity contribution in [2.75, 3.05) is 12.4 Å². The molecule has 25 heavy (non-hydrogen) atoms. The number of thiocarbonyl (C=S) groups is 1. The average Bonchev–Trinajstić information content (AvgIpc) is 2.61. The summed E-state index contributed by atoms with van der Waals surface area (Å²) in [5, 5.41) is 8.28. The number of carbonyl (C=O) groups excluding carboxylic acids is 2. The fraction of sp³-hybridized carbons (Fsp3) is 0.211. The van der Waals surface area contributed by atoms with Gasteiger partial charge in [0.15, 0.2) is 5.11 Å². The summed E-state index contributed by atoms with van der Waals surface area (Å²) >= 11 is 5.17. The largest absolute Gasteiger partial charge is 0.355 e. The summed E-state index contributed by atoms with van der Waals surface area (Å²) in [6.07, 6.45) is 0. The number of hydrogen-bond acceptors (Lipinski definition) is 3. The van der Waals surface area contributed by atoms with Gasteiger partial charge < -0.3 is 10.6 Å². The lowest BCUT2D eigenvalue weighted by Crippen LogP contribution is -2.34. The van der Waals surface area contributed by atoms with Gasteiger partial charge in [-0.05, 0) is 54.0 Å². The van der Waals surface area contributed by atoms with Crippen LogP contribution < -0.4 is 16.0 Å². The molecule has 0 unspecified atom stereocenters. The van der Waals surface area contributed by atoms with Gasteiger partial charge in [0.2, 0.25) is 0 Å². The van der Waals surface area contributed by atoms with E-state index in [1.165, 1.54) is 5.56 Å². The maximum absolute atomic E-state index is 12.2. The standard InChI is InChI=1S/C19H21N3O2S/c1-12(2)13-7-9-14(10-8-13)18(24)22-19(25)21-16-6-4-5-15(11-16)17(23)20-3/h4-12H,1-3H3,(H,20,23)(H2,21,22,24,25). The van der Waals surface area contributed by atoms with E-state index in [-0.39, 0.29) is 16.9 Å². The molecule has 2 aromatic rings. The second-order valence-electron chi connectivity index (χ2n) is 5.84. The molecule has 2 rings (SSSR count). The van der Waals surface area contributed by atoms with Crippen LogP contribution in [0, 0.1) is 0 Å². The summed E-state index contributed by atoms with van der Waals surface area (Å²) in [7, 11) is 1.57. The van der Waals surface area contributed by atoms with Crippen LogP contribution in [-0.2, 0) is 0 Å². The zero-order valence-electron chi connectivity index (χ0n) is 14.4. The molecular formula is C19H21N3O2S. The van der Waals surface area contributed by atoms with E-state index < -0.39 is 0 Å².